The molecule has 0 bridgehead atoms. The van der Waals surface area contributed by atoms with Gasteiger partial charge < -0.3 is 4.57 Å². The number of carbonyl (C=O) groups excluding carboxylic acids is 1. The zero-order valence-corrected chi connectivity index (χ0v) is 7.35. The molecule has 60 valence electrons. The first-order chi connectivity index (χ1) is 5.09. The highest BCUT2D eigenvalue weighted by molar-refractivity contribution is 6.29. The summed E-state index contributed by atoms with van der Waals surface area (Å²) >= 11 is 5.76. The fourth-order valence-electron chi connectivity index (χ4n) is 0.987. The first-order valence-electron chi connectivity index (χ1n) is 3.40. The Morgan fingerprint density at radius 2 is 2.36 bits per heavy atom. The zero-order valence-electron chi connectivity index (χ0n) is 6.60. The standard InChI is InChI=1S/C8H10ClNO/c1-6(11)3-7-4-8(9)10(2)5-7/h4-5H,3H2,1-2H3. The number of rotatable bonds is 2. The summed E-state index contributed by atoms with van der Waals surface area (Å²) in [6.07, 6.45) is 2.34. The summed E-state index contributed by atoms with van der Waals surface area (Å²) in [5.74, 6) is 0.160. The lowest BCUT2D eigenvalue weighted by molar-refractivity contribution is -0.116. The van der Waals surface area contributed by atoms with Crippen LogP contribution in [-0.2, 0) is 18.3 Å². The van der Waals surface area contributed by atoms with E-state index in [2.05, 4.69) is 0 Å². The fourth-order valence-corrected chi connectivity index (χ4v) is 1.18. The zero-order chi connectivity index (χ0) is 8.43. The average molecular weight is 172 g/mol. The summed E-state index contributed by atoms with van der Waals surface area (Å²) in [6, 6.07) is 1.81. The minimum absolute atomic E-state index is 0.160. The molecule has 1 aromatic rings. The molecule has 0 saturated carbocycles. The molecule has 0 spiro atoms. The maximum absolute atomic E-state index is 10.7. The molecule has 0 aromatic carbocycles. The van der Waals surface area contributed by atoms with Gasteiger partial charge in [-0.2, -0.15) is 0 Å². The molecule has 1 heterocycles. The predicted octanol–water partition coefficient (Wildman–Crippen LogP) is 1.81. The Bertz CT molecular complexity index is 258. The van der Waals surface area contributed by atoms with E-state index in [0.29, 0.717) is 11.6 Å². The van der Waals surface area contributed by atoms with Crippen molar-refractivity contribution in [3.8, 4) is 0 Å². The van der Waals surface area contributed by atoms with Crippen LogP contribution >= 0.6 is 11.6 Å². The number of carbonyl (C=O) groups is 1. The Kier molecular flexibility index (Phi) is 2.35. The number of hydrogen-bond acceptors (Lipinski definition) is 1. The van der Waals surface area contributed by atoms with Crippen molar-refractivity contribution in [1.82, 2.24) is 4.57 Å². The van der Waals surface area contributed by atoms with Crippen molar-refractivity contribution in [3.05, 3.63) is 23.0 Å². The molecule has 3 heteroatoms. The number of nitrogens with zero attached hydrogens (tertiary/aromatic N) is 1. The van der Waals surface area contributed by atoms with E-state index < -0.39 is 0 Å². The van der Waals surface area contributed by atoms with Crippen LogP contribution in [0, 0.1) is 0 Å². The van der Waals surface area contributed by atoms with Crippen molar-refractivity contribution in [2.75, 3.05) is 0 Å². The van der Waals surface area contributed by atoms with Crippen molar-refractivity contribution >= 4 is 17.4 Å². The fraction of sp³-hybridized carbons (Fsp3) is 0.375. The molecule has 0 unspecified atom stereocenters. The molecule has 0 aliphatic heterocycles. The Morgan fingerprint density at radius 3 is 2.73 bits per heavy atom. The summed E-state index contributed by atoms with van der Waals surface area (Å²) in [5.41, 5.74) is 0.977. The summed E-state index contributed by atoms with van der Waals surface area (Å²) in [6.45, 7) is 1.57. The smallest absolute Gasteiger partial charge is 0.134 e. The first kappa shape index (κ1) is 8.34. The van der Waals surface area contributed by atoms with Gasteiger partial charge in [0.2, 0.25) is 0 Å². The van der Waals surface area contributed by atoms with E-state index in [1.54, 1.807) is 11.5 Å². The number of ketones is 1. The van der Waals surface area contributed by atoms with Gasteiger partial charge in [-0.1, -0.05) is 11.6 Å². The molecule has 0 aliphatic carbocycles. The third kappa shape index (κ3) is 2.09. The molecule has 1 rings (SSSR count). The lowest BCUT2D eigenvalue weighted by atomic mass is 10.2. The van der Waals surface area contributed by atoms with Crippen molar-refractivity contribution in [1.29, 1.82) is 0 Å². The summed E-state index contributed by atoms with van der Waals surface area (Å²) in [7, 11) is 1.85. The van der Waals surface area contributed by atoms with E-state index in [1.807, 2.05) is 19.3 Å². The largest absolute Gasteiger partial charge is 0.342 e. The second-order valence-corrected chi connectivity index (χ2v) is 3.05. The molecule has 1 aromatic heterocycles. The van der Waals surface area contributed by atoms with E-state index in [1.165, 1.54) is 0 Å². The normalized spacial score (nSPS) is 10.1. The molecule has 0 atom stereocenters. The van der Waals surface area contributed by atoms with Gasteiger partial charge >= 0.3 is 0 Å². The Balaban J connectivity index is 2.81. The molecule has 0 amide bonds. The molecule has 0 fully saturated rings. The second-order valence-electron chi connectivity index (χ2n) is 2.66. The summed E-state index contributed by atoms with van der Waals surface area (Å²) < 4.78 is 1.79. The number of Topliss-reactive ketones (excluding diaryl/α,β-unsaturated/α-hetero) is 1. The minimum atomic E-state index is 0.160. The Morgan fingerprint density at radius 1 is 1.73 bits per heavy atom. The first-order valence-corrected chi connectivity index (χ1v) is 3.77. The molecule has 0 N–H and O–H groups in total. The van der Waals surface area contributed by atoms with Crippen molar-refractivity contribution in [3.63, 3.8) is 0 Å². The van der Waals surface area contributed by atoms with E-state index in [9.17, 15) is 4.79 Å². The third-order valence-electron chi connectivity index (χ3n) is 1.45. The van der Waals surface area contributed by atoms with Gasteiger partial charge in [-0.25, -0.2) is 0 Å². The minimum Gasteiger partial charge on any atom is -0.342 e. The van der Waals surface area contributed by atoms with Gasteiger partial charge in [-0.3, -0.25) is 4.79 Å². The van der Waals surface area contributed by atoms with Crippen LogP contribution in [0.1, 0.15) is 12.5 Å². The lowest BCUT2D eigenvalue weighted by Gasteiger charge is -1.89. The van der Waals surface area contributed by atoms with Crippen LogP contribution < -0.4 is 0 Å². The van der Waals surface area contributed by atoms with Gasteiger partial charge in [0.05, 0.1) is 0 Å². The maximum atomic E-state index is 10.7. The van der Waals surface area contributed by atoms with Crippen molar-refractivity contribution in [2.24, 2.45) is 7.05 Å². The van der Waals surface area contributed by atoms with E-state index in [0.717, 1.165) is 5.56 Å². The highest BCUT2D eigenvalue weighted by Crippen LogP contribution is 2.12. The van der Waals surface area contributed by atoms with Crippen molar-refractivity contribution in [2.45, 2.75) is 13.3 Å². The quantitative estimate of drug-likeness (QED) is 0.665. The maximum Gasteiger partial charge on any atom is 0.134 e. The topological polar surface area (TPSA) is 22.0 Å². The van der Waals surface area contributed by atoms with Crippen LogP contribution in [0.25, 0.3) is 0 Å². The van der Waals surface area contributed by atoms with Crippen LogP contribution in [0.5, 0.6) is 0 Å². The van der Waals surface area contributed by atoms with Gasteiger partial charge in [-0.05, 0) is 18.6 Å². The van der Waals surface area contributed by atoms with Crippen LogP contribution in [0.3, 0.4) is 0 Å². The lowest BCUT2D eigenvalue weighted by Crippen LogP contribution is -1.94. The van der Waals surface area contributed by atoms with Crippen molar-refractivity contribution < 1.29 is 4.79 Å². The molecular formula is C8H10ClNO. The highest BCUT2D eigenvalue weighted by Gasteiger charge is 2.01. The summed E-state index contributed by atoms with van der Waals surface area (Å²) in [5, 5.41) is 0.668. The van der Waals surface area contributed by atoms with Crippen LogP contribution in [0.2, 0.25) is 5.15 Å². The molecule has 0 saturated heterocycles. The van der Waals surface area contributed by atoms with E-state index in [-0.39, 0.29) is 5.78 Å². The molecule has 2 nitrogen and oxygen atoms in total. The van der Waals surface area contributed by atoms with Crippen LogP contribution in [0.15, 0.2) is 12.3 Å². The Hall–Kier alpha value is -0.760. The van der Waals surface area contributed by atoms with Gasteiger partial charge in [-0.15, -0.1) is 0 Å². The van der Waals surface area contributed by atoms with E-state index in [4.69, 9.17) is 11.6 Å². The van der Waals surface area contributed by atoms with Crippen LogP contribution in [0.4, 0.5) is 0 Å². The van der Waals surface area contributed by atoms with Gasteiger partial charge in [0.25, 0.3) is 0 Å². The summed E-state index contributed by atoms with van der Waals surface area (Å²) in [4.78, 5) is 10.7. The number of hydrogen-bond donors (Lipinski definition) is 0. The van der Waals surface area contributed by atoms with E-state index >= 15 is 0 Å². The molecule has 11 heavy (non-hydrogen) atoms. The number of halogens is 1. The molecular weight excluding hydrogens is 162 g/mol. The monoisotopic (exact) mass is 171 g/mol. The second kappa shape index (κ2) is 3.09. The SMILES string of the molecule is CC(=O)Cc1cc(Cl)n(C)c1. The van der Waals surface area contributed by atoms with Crippen LogP contribution in [-0.4, -0.2) is 10.4 Å². The van der Waals surface area contributed by atoms with Gasteiger partial charge in [0.15, 0.2) is 0 Å². The molecule has 0 aliphatic rings. The number of aromatic nitrogens is 1. The number of aryl methyl sites for hydroxylation is 1. The molecule has 0 radical (unpaired) electrons. The Labute approximate surface area is 70.8 Å². The van der Waals surface area contributed by atoms with Gasteiger partial charge in [0.1, 0.15) is 10.9 Å². The average Bonchev–Trinajstić information content (AvgIpc) is 2.10. The highest BCUT2D eigenvalue weighted by atomic mass is 35.5. The third-order valence-corrected chi connectivity index (χ3v) is 1.83. The van der Waals surface area contributed by atoms with Gasteiger partial charge in [0, 0.05) is 19.7 Å². The predicted molar refractivity (Wildman–Crippen MR) is 44.8 cm³/mol.